The average Bonchev–Trinajstić information content (AvgIpc) is 2.56. The predicted octanol–water partition coefficient (Wildman–Crippen LogP) is 4.20. The summed E-state index contributed by atoms with van der Waals surface area (Å²) >= 11 is 1.82. The highest BCUT2D eigenvalue weighted by Crippen LogP contribution is 2.33. The van der Waals surface area contributed by atoms with Crippen LogP contribution in [0.3, 0.4) is 0 Å². The van der Waals surface area contributed by atoms with Gasteiger partial charge in [0, 0.05) is 18.0 Å². The summed E-state index contributed by atoms with van der Waals surface area (Å²) in [6, 6.07) is 18.5. The van der Waals surface area contributed by atoms with E-state index < -0.39 is 5.97 Å². The molecule has 0 aromatic heterocycles. The number of piperidine rings is 1. The molecule has 0 saturated carbocycles. The van der Waals surface area contributed by atoms with Gasteiger partial charge in [-0.1, -0.05) is 42.5 Å². The van der Waals surface area contributed by atoms with Crippen molar-refractivity contribution in [2.75, 3.05) is 13.1 Å². The van der Waals surface area contributed by atoms with Gasteiger partial charge in [0.2, 0.25) is 0 Å². The second-order valence-electron chi connectivity index (χ2n) is 5.95. The number of rotatable bonds is 5. The van der Waals surface area contributed by atoms with Crippen LogP contribution in [0, 0.1) is 0 Å². The average molecular weight is 327 g/mol. The third kappa shape index (κ3) is 4.60. The van der Waals surface area contributed by atoms with Gasteiger partial charge in [0.1, 0.15) is 0 Å². The van der Waals surface area contributed by atoms with Gasteiger partial charge in [-0.3, -0.25) is 4.79 Å². The Morgan fingerprint density at radius 2 is 2.00 bits per heavy atom. The fourth-order valence-corrected chi connectivity index (χ4v) is 4.11. The molecule has 0 spiro atoms. The van der Waals surface area contributed by atoms with Gasteiger partial charge in [-0.15, -0.1) is 0 Å². The van der Waals surface area contributed by atoms with E-state index in [-0.39, 0.29) is 6.42 Å². The highest BCUT2D eigenvalue weighted by molar-refractivity contribution is 7.97. The van der Waals surface area contributed by atoms with Gasteiger partial charge in [0.15, 0.2) is 0 Å². The minimum absolute atomic E-state index is 0.100. The Morgan fingerprint density at radius 3 is 2.78 bits per heavy atom. The lowest BCUT2D eigenvalue weighted by molar-refractivity contribution is -0.136. The molecule has 0 aliphatic carbocycles. The second-order valence-corrected chi connectivity index (χ2v) is 7.12. The van der Waals surface area contributed by atoms with Crippen LogP contribution in [0.5, 0.6) is 0 Å². The van der Waals surface area contributed by atoms with Gasteiger partial charge >= 0.3 is 5.97 Å². The van der Waals surface area contributed by atoms with Crippen molar-refractivity contribution in [3.8, 4) is 0 Å². The van der Waals surface area contributed by atoms with Crippen molar-refractivity contribution >= 4 is 17.9 Å². The van der Waals surface area contributed by atoms with E-state index in [1.807, 2.05) is 30.1 Å². The van der Waals surface area contributed by atoms with E-state index in [0.29, 0.717) is 5.92 Å². The normalized spacial score (nSPS) is 18.7. The van der Waals surface area contributed by atoms with Gasteiger partial charge in [-0.25, -0.2) is 4.31 Å². The number of carboxylic acid groups (broad SMARTS) is 1. The monoisotopic (exact) mass is 327 g/mol. The standard InChI is InChI=1S/C19H21NO2S/c21-19(22)13-15-6-4-7-16(12-15)17-8-5-11-20(14-17)23-18-9-2-1-3-10-18/h1-4,6-7,9-10,12,17H,5,8,11,13-14H2,(H,21,22). The molecule has 4 heteroatoms. The molecular formula is C19H21NO2S. The van der Waals surface area contributed by atoms with Crippen LogP contribution in [-0.2, 0) is 11.2 Å². The third-order valence-corrected chi connectivity index (χ3v) is 5.21. The zero-order valence-corrected chi connectivity index (χ0v) is 13.8. The summed E-state index contributed by atoms with van der Waals surface area (Å²) in [4.78, 5) is 12.2. The summed E-state index contributed by atoms with van der Waals surface area (Å²) in [5.41, 5.74) is 2.16. The highest BCUT2D eigenvalue weighted by atomic mass is 32.2. The van der Waals surface area contributed by atoms with Crippen LogP contribution in [-0.4, -0.2) is 28.5 Å². The van der Waals surface area contributed by atoms with Crippen molar-refractivity contribution in [2.24, 2.45) is 0 Å². The van der Waals surface area contributed by atoms with Gasteiger partial charge in [-0.05, 0) is 54.0 Å². The van der Waals surface area contributed by atoms with Crippen molar-refractivity contribution < 1.29 is 9.90 Å². The molecular weight excluding hydrogens is 306 g/mol. The zero-order chi connectivity index (χ0) is 16.1. The van der Waals surface area contributed by atoms with E-state index in [1.54, 1.807) is 0 Å². The van der Waals surface area contributed by atoms with Crippen LogP contribution >= 0.6 is 11.9 Å². The molecule has 0 bridgehead atoms. The molecule has 1 aliphatic heterocycles. The molecule has 2 aromatic carbocycles. The summed E-state index contributed by atoms with van der Waals surface area (Å²) < 4.78 is 2.42. The first-order chi connectivity index (χ1) is 11.2. The topological polar surface area (TPSA) is 40.5 Å². The number of aliphatic carboxylic acids is 1. The molecule has 3 nitrogen and oxygen atoms in total. The minimum Gasteiger partial charge on any atom is -0.481 e. The van der Waals surface area contributed by atoms with E-state index >= 15 is 0 Å². The maximum absolute atomic E-state index is 10.9. The third-order valence-electron chi connectivity index (χ3n) is 4.14. The first kappa shape index (κ1) is 16.1. The number of hydrogen-bond acceptors (Lipinski definition) is 3. The van der Waals surface area contributed by atoms with Crippen molar-refractivity contribution in [1.29, 1.82) is 0 Å². The summed E-state index contributed by atoms with van der Waals surface area (Å²) in [6.07, 6.45) is 2.44. The Bertz CT molecular complexity index is 659. The van der Waals surface area contributed by atoms with Gasteiger partial charge in [0.05, 0.1) is 6.42 Å². The van der Waals surface area contributed by atoms with E-state index in [2.05, 4.69) is 40.7 Å². The molecule has 1 aliphatic rings. The Labute approximate surface area is 141 Å². The van der Waals surface area contributed by atoms with Crippen LogP contribution < -0.4 is 0 Å². The Morgan fingerprint density at radius 1 is 1.17 bits per heavy atom. The fourth-order valence-electron chi connectivity index (χ4n) is 3.06. The first-order valence-corrected chi connectivity index (χ1v) is 8.76. The number of benzene rings is 2. The number of carbonyl (C=O) groups is 1. The van der Waals surface area contributed by atoms with Crippen molar-refractivity contribution in [3.05, 3.63) is 65.7 Å². The molecule has 1 saturated heterocycles. The molecule has 1 atom stereocenters. The summed E-state index contributed by atoms with van der Waals surface area (Å²) in [5, 5.41) is 8.96. The lowest BCUT2D eigenvalue weighted by Crippen LogP contribution is -2.29. The van der Waals surface area contributed by atoms with Gasteiger partial charge in [0.25, 0.3) is 0 Å². The number of hydrogen-bond donors (Lipinski definition) is 1. The lowest BCUT2D eigenvalue weighted by atomic mass is 9.90. The quantitative estimate of drug-likeness (QED) is 0.836. The van der Waals surface area contributed by atoms with Crippen molar-refractivity contribution in [3.63, 3.8) is 0 Å². The van der Waals surface area contributed by atoms with Gasteiger partial charge in [-0.2, -0.15) is 0 Å². The van der Waals surface area contributed by atoms with Crippen LogP contribution in [0.25, 0.3) is 0 Å². The maximum Gasteiger partial charge on any atom is 0.307 e. The Hall–Kier alpha value is -1.78. The molecule has 1 N–H and O–H groups in total. The number of carboxylic acids is 1. The van der Waals surface area contributed by atoms with E-state index in [9.17, 15) is 4.79 Å². The number of nitrogens with zero attached hydrogens (tertiary/aromatic N) is 1. The SMILES string of the molecule is O=C(O)Cc1cccc(C2CCCN(Sc3ccccc3)C2)c1. The van der Waals surface area contributed by atoms with E-state index in [0.717, 1.165) is 18.7 Å². The lowest BCUT2D eigenvalue weighted by Gasteiger charge is -2.32. The van der Waals surface area contributed by atoms with E-state index in [4.69, 9.17) is 5.11 Å². The summed E-state index contributed by atoms with van der Waals surface area (Å²) in [5.74, 6) is -0.291. The molecule has 1 unspecified atom stereocenters. The molecule has 2 aromatic rings. The first-order valence-electron chi connectivity index (χ1n) is 7.99. The molecule has 0 radical (unpaired) electrons. The van der Waals surface area contributed by atoms with Crippen LogP contribution in [0.1, 0.15) is 29.9 Å². The zero-order valence-electron chi connectivity index (χ0n) is 13.0. The summed E-state index contributed by atoms with van der Waals surface area (Å²) in [6.45, 7) is 2.11. The largest absolute Gasteiger partial charge is 0.481 e. The van der Waals surface area contributed by atoms with Crippen LogP contribution in [0.4, 0.5) is 0 Å². The maximum atomic E-state index is 10.9. The molecule has 23 heavy (non-hydrogen) atoms. The van der Waals surface area contributed by atoms with Crippen LogP contribution in [0.15, 0.2) is 59.5 Å². The molecule has 120 valence electrons. The molecule has 0 amide bonds. The molecule has 1 fully saturated rings. The fraction of sp³-hybridized carbons (Fsp3) is 0.316. The Balaban J connectivity index is 1.67. The minimum atomic E-state index is -0.771. The van der Waals surface area contributed by atoms with Crippen molar-refractivity contribution in [2.45, 2.75) is 30.1 Å². The van der Waals surface area contributed by atoms with Crippen LogP contribution in [0.2, 0.25) is 0 Å². The van der Waals surface area contributed by atoms with Gasteiger partial charge < -0.3 is 5.11 Å². The molecule has 3 rings (SSSR count). The second kappa shape index (κ2) is 7.66. The smallest absolute Gasteiger partial charge is 0.307 e. The molecule has 1 heterocycles. The van der Waals surface area contributed by atoms with Crippen molar-refractivity contribution in [1.82, 2.24) is 4.31 Å². The van der Waals surface area contributed by atoms with E-state index in [1.165, 1.54) is 23.3 Å². The highest BCUT2D eigenvalue weighted by Gasteiger charge is 2.22. The Kier molecular flexibility index (Phi) is 5.36. The predicted molar refractivity (Wildman–Crippen MR) is 93.6 cm³/mol. The summed E-state index contributed by atoms with van der Waals surface area (Å²) in [7, 11) is 0.